The first kappa shape index (κ1) is 18.2. The molecule has 4 rings (SSSR count). The van der Waals surface area contributed by atoms with E-state index in [0.29, 0.717) is 37.9 Å². The molecule has 0 aliphatic heterocycles. The van der Waals surface area contributed by atoms with Gasteiger partial charge in [-0.2, -0.15) is 5.11 Å². The number of fused-ring (bicyclic) bond motifs is 1. The molecule has 3 aromatic carbocycles. The Bertz CT molecular complexity index is 1280. The molecule has 0 aliphatic rings. The van der Waals surface area contributed by atoms with Gasteiger partial charge < -0.3 is 10.1 Å². The smallest absolute Gasteiger partial charge is 0.259 e. The molecular formula is C20H12Cl2N4O2. The Hall–Kier alpha value is -3.22. The Morgan fingerprint density at radius 2 is 1.79 bits per heavy atom. The third kappa shape index (κ3) is 3.60. The predicted octanol–water partition coefficient (Wildman–Crippen LogP) is 6.02. The molecule has 6 nitrogen and oxygen atoms in total. The molecule has 0 amide bonds. The number of phenolic OH excluding ortho intramolecular Hbond substituents is 1. The molecule has 0 saturated carbocycles. The number of H-pyrrole nitrogens is 1. The number of nitrogens with zero attached hydrogens (tertiary/aromatic N) is 3. The maximum absolute atomic E-state index is 12.3. The van der Waals surface area contributed by atoms with Crippen LogP contribution in [-0.2, 0) is 0 Å². The fraction of sp³-hybridized carbons (Fsp3) is 0. The molecule has 0 saturated heterocycles. The van der Waals surface area contributed by atoms with Gasteiger partial charge in [0.1, 0.15) is 17.3 Å². The van der Waals surface area contributed by atoms with Crippen molar-refractivity contribution in [3.8, 4) is 17.1 Å². The Kier molecular flexibility index (Phi) is 4.81. The van der Waals surface area contributed by atoms with Crippen LogP contribution in [0.5, 0.6) is 5.75 Å². The molecule has 0 unspecified atom stereocenters. The highest BCUT2D eigenvalue weighted by molar-refractivity contribution is 6.36. The molecule has 4 aromatic rings. The van der Waals surface area contributed by atoms with Crippen LogP contribution < -0.4 is 5.56 Å². The fourth-order valence-electron chi connectivity index (χ4n) is 2.66. The number of nitrogens with one attached hydrogen (secondary N) is 1. The molecule has 0 radical (unpaired) electrons. The SMILES string of the molecule is O=c1[nH]c(-c2cc(N=Nc3ccc(Cl)cc3Cl)ccc2O)nc2ccccc12. The van der Waals surface area contributed by atoms with Gasteiger partial charge in [0.05, 0.1) is 27.2 Å². The molecule has 28 heavy (non-hydrogen) atoms. The number of aromatic amines is 1. The first-order valence-corrected chi connectivity index (χ1v) is 8.96. The second-order valence-corrected chi connectivity index (χ2v) is 6.77. The van der Waals surface area contributed by atoms with Gasteiger partial charge in [-0.3, -0.25) is 4.79 Å². The van der Waals surface area contributed by atoms with Crippen molar-refractivity contribution in [1.82, 2.24) is 9.97 Å². The van der Waals surface area contributed by atoms with E-state index in [4.69, 9.17) is 23.2 Å². The van der Waals surface area contributed by atoms with Crippen molar-refractivity contribution in [3.05, 3.63) is 81.1 Å². The number of azo groups is 1. The average Bonchev–Trinajstić information content (AvgIpc) is 2.68. The minimum absolute atomic E-state index is 0.0399. The Balaban J connectivity index is 1.75. The van der Waals surface area contributed by atoms with E-state index >= 15 is 0 Å². The van der Waals surface area contributed by atoms with Gasteiger partial charge in [-0.1, -0.05) is 35.3 Å². The van der Waals surface area contributed by atoms with Crippen LogP contribution in [0.2, 0.25) is 10.0 Å². The van der Waals surface area contributed by atoms with E-state index in [0.717, 1.165) is 0 Å². The maximum Gasteiger partial charge on any atom is 0.259 e. The summed E-state index contributed by atoms with van der Waals surface area (Å²) >= 11 is 12.0. The molecule has 0 atom stereocenters. The van der Waals surface area contributed by atoms with E-state index in [9.17, 15) is 9.90 Å². The van der Waals surface area contributed by atoms with E-state index in [1.54, 1.807) is 54.6 Å². The number of aromatic hydroxyl groups is 1. The summed E-state index contributed by atoms with van der Waals surface area (Å²) in [5.41, 5.74) is 1.48. The monoisotopic (exact) mass is 410 g/mol. The summed E-state index contributed by atoms with van der Waals surface area (Å²) < 4.78 is 0. The summed E-state index contributed by atoms with van der Waals surface area (Å²) in [6, 6.07) is 16.5. The van der Waals surface area contributed by atoms with Gasteiger partial charge in [-0.25, -0.2) is 4.98 Å². The molecule has 0 fully saturated rings. The zero-order valence-electron chi connectivity index (χ0n) is 14.2. The van der Waals surface area contributed by atoms with Crippen LogP contribution in [0.1, 0.15) is 0 Å². The van der Waals surface area contributed by atoms with Crippen LogP contribution >= 0.6 is 23.2 Å². The maximum atomic E-state index is 12.3. The zero-order chi connectivity index (χ0) is 19.7. The summed E-state index contributed by atoms with van der Waals surface area (Å²) in [6.45, 7) is 0. The topological polar surface area (TPSA) is 90.7 Å². The number of benzene rings is 3. The summed E-state index contributed by atoms with van der Waals surface area (Å²) in [6.07, 6.45) is 0. The highest BCUT2D eigenvalue weighted by Crippen LogP contribution is 2.33. The van der Waals surface area contributed by atoms with Crippen molar-refractivity contribution in [3.63, 3.8) is 0 Å². The lowest BCUT2D eigenvalue weighted by molar-refractivity contribution is 0.477. The zero-order valence-corrected chi connectivity index (χ0v) is 15.7. The van der Waals surface area contributed by atoms with E-state index in [2.05, 4.69) is 20.2 Å². The van der Waals surface area contributed by atoms with E-state index in [-0.39, 0.29) is 17.1 Å². The Morgan fingerprint density at radius 1 is 0.964 bits per heavy atom. The number of hydrogen-bond donors (Lipinski definition) is 2. The van der Waals surface area contributed by atoms with Crippen molar-refractivity contribution >= 4 is 45.5 Å². The summed E-state index contributed by atoms with van der Waals surface area (Å²) in [7, 11) is 0. The van der Waals surface area contributed by atoms with Gasteiger partial charge in [-0.15, -0.1) is 5.11 Å². The lowest BCUT2D eigenvalue weighted by Gasteiger charge is -2.06. The van der Waals surface area contributed by atoms with Crippen LogP contribution in [0.25, 0.3) is 22.3 Å². The molecule has 0 spiro atoms. The van der Waals surface area contributed by atoms with Gasteiger partial charge in [0.15, 0.2) is 0 Å². The third-order valence-electron chi connectivity index (χ3n) is 4.03. The van der Waals surface area contributed by atoms with Gasteiger partial charge in [-0.05, 0) is 48.5 Å². The second kappa shape index (κ2) is 7.42. The number of halogens is 2. The summed E-state index contributed by atoms with van der Waals surface area (Å²) in [5.74, 6) is 0.199. The van der Waals surface area contributed by atoms with E-state index in [1.165, 1.54) is 6.07 Å². The van der Waals surface area contributed by atoms with E-state index in [1.807, 2.05) is 0 Å². The number of phenols is 1. The molecule has 0 aliphatic carbocycles. The molecule has 2 N–H and O–H groups in total. The lowest BCUT2D eigenvalue weighted by Crippen LogP contribution is -2.09. The van der Waals surface area contributed by atoms with Gasteiger partial charge >= 0.3 is 0 Å². The summed E-state index contributed by atoms with van der Waals surface area (Å²) in [5, 5.41) is 19.8. The van der Waals surface area contributed by atoms with Crippen molar-refractivity contribution in [2.24, 2.45) is 10.2 Å². The third-order valence-corrected chi connectivity index (χ3v) is 4.57. The molecule has 1 aromatic heterocycles. The lowest BCUT2D eigenvalue weighted by atomic mass is 10.1. The quantitative estimate of drug-likeness (QED) is 0.404. The highest BCUT2D eigenvalue weighted by Gasteiger charge is 2.11. The molecule has 138 valence electrons. The molecule has 8 heteroatoms. The predicted molar refractivity (Wildman–Crippen MR) is 110 cm³/mol. The largest absolute Gasteiger partial charge is 0.507 e. The van der Waals surface area contributed by atoms with Crippen LogP contribution in [0.4, 0.5) is 11.4 Å². The van der Waals surface area contributed by atoms with Crippen LogP contribution in [0.15, 0.2) is 75.7 Å². The summed E-state index contributed by atoms with van der Waals surface area (Å²) in [4.78, 5) is 19.4. The highest BCUT2D eigenvalue weighted by atomic mass is 35.5. The number of hydrogen-bond acceptors (Lipinski definition) is 5. The molecule has 1 heterocycles. The number of rotatable bonds is 3. The van der Waals surface area contributed by atoms with Crippen molar-refractivity contribution in [1.29, 1.82) is 0 Å². The van der Waals surface area contributed by atoms with Gasteiger partial charge in [0.25, 0.3) is 5.56 Å². The second-order valence-electron chi connectivity index (χ2n) is 5.93. The normalized spacial score (nSPS) is 11.4. The minimum Gasteiger partial charge on any atom is -0.507 e. The van der Waals surface area contributed by atoms with Crippen molar-refractivity contribution in [2.45, 2.75) is 0 Å². The number of aromatic nitrogens is 2. The molecule has 0 bridgehead atoms. The first-order valence-electron chi connectivity index (χ1n) is 8.20. The Labute approximate surface area is 169 Å². The molecular weight excluding hydrogens is 399 g/mol. The van der Waals surface area contributed by atoms with Crippen molar-refractivity contribution < 1.29 is 5.11 Å². The first-order chi connectivity index (χ1) is 13.5. The van der Waals surface area contributed by atoms with E-state index < -0.39 is 0 Å². The van der Waals surface area contributed by atoms with Crippen LogP contribution in [0.3, 0.4) is 0 Å². The standard InChI is InChI=1S/C20H12Cl2N4O2/c21-11-5-7-17(15(22)9-11)26-25-12-6-8-18(27)14(10-12)19-23-16-4-2-1-3-13(16)20(28)24-19/h1-10,27H,(H,23,24,28). The van der Waals surface area contributed by atoms with Crippen LogP contribution in [-0.4, -0.2) is 15.1 Å². The average molecular weight is 411 g/mol. The van der Waals surface area contributed by atoms with Gasteiger partial charge in [0.2, 0.25) is 0 Å². The van der Waals surface area contributed by atoms with Crippen molar-refractivity contribution in [2.75, 3.05) is 0 Å². The van der Waals surface area contributed by atoms with Gasteiger partial charge in [0, 0.05) is 5.02 Å². The fourth-order valence-corrected chi connectivity index (χ4v) is 3.11. The Morgan fingerprint density at radius 3 is 2.61 bits per heavy atom. The minimum atomic E-state index is -0.292. The van der Waals surface area contributed by atoms with Crippen LogP contribution in [0, 0.1) is 0 Å². The number of para-hydroxylation sites is 1.